The van der Waals surface area contributed by atoms with Crippen LogP contribution in [0.15, 0.2) is 36.4 Å². The first-order valence-corrected chi connectivity index (χ1v) is 9.88. The van der Waals surface area contributed by atoms with Crippen LogP contribution in [0.3, 0.4) is 0 Å². The van der Waals surface area contributed by atoms with Crippen molar-refractivity contribution >= 4 is 23.5 Å². The number of nitrogens with two attached hydrogens (primary N) is 1. The van der Waals surface area contributed by atoms with E-state index in [4.69, 9.17) is 17.3 Å². The van der Waals surface area contributed by atoms with Crippen LogP contribution in [0.5, 0.6) is 5.75 Å². The van der Waals surface area contributed by atoms with Crippen molar-refractivity contribution in [3.63, 3.8) is 0 Å². The molecule has 3 amide bonds. The molecule has 1 saturated heterocycles. The summed E-state index contributed by atoms with van der Waals surface area (Å²) in [5.41, 5.74) is 7.02. The zero-order valence-corrected chi connectivity index (χ0v) is 16.8. The number of benzene rings is 1. The first-order chi connectivity index (χ1) is 14.6. The lowest BCUT2D eigenvalue weighted by atomic mass is 10.0. The number of alkyl halides is 3. The number of amides is 3. The molecule has 0 radical (unpaired) electrons. The van der Waals surface area contributed by atoms with E-state index in [9.17, 15) is 22.8 Å². The smallest absolute Gasteiger partial charge is 0.406 e. The first kappa shape index (κ1) is 21.2. The maximum absolute atomic E-state index is 12.6. The van der Waals surface area contributed by atoms with E-state index in [1.807, 2.05) is 0 Å². The summed E-state index contributed by atoms with van der Waals surface area (Å²) in [6.07, 6.45) is -2.90. The Morgan fingerprint density at radius 2 is 1.90 bits per heavy atom. The second kappa shape index (κ2) is 7.92. The van der Waals surface area contributed by atoms with E-state index < -0.39 is 36.1 Å². The van der Waals surface area contributed by atoms with Crippen LogP contribution in [0.2, 0.25) is 5.02 Å². The second-order valence-electron chi connectivity index (χ2n) is 7.45. The normalized spacial score (nSPS) is 19.8. The van der Waals surface area contributed by atoms with Gasteiger partial charge in [-0.2, -0.15) is 0 Å². The van der Waals surface area contributed by atoms with E-state index in [0.717, 1.165) is 25.0 Å². The van der Waals surface area contributed by atoms with Gasteiger partial charge in [-0.3, -0.25) is 9.78 Å². The molecule has 1 aliphatic carbocycles. The van der Waals surface area contributed by atoms with Gasteiger partial charge in [0.1, 0.15) is 17.8 Å². The number of carbonyl (C=O) groups is 2. The van der Waals surface area contributed by atoms with Crippen LogP contribution in [0.4, 0.5) is 18.0 Å². The molecule has 1 saturated carbocycles. The van der Waals surface area contributed by atoms with Crippen molar-refractivity contribution in [3.8, 4) is 5.75 Å². The highest BCUT2D eigenvalue weighted by atomic mass is 35.5. The number of ether oxygens (including phenoxy) is 1. The molecule has 2 aliphatic rings. The molecule has 2 aromatic rings. The molecule has 1 aromatic carbocycles. The summed E-state index contributed by atoms with van der Waals surface area (Å²) in [7, 11) is 0. The van der Waals surface area contributed by atoms with Gasteiger partial charge in [0.15, 0.2) is 0 Å². The molecule has 11 heteroatoms. The summed E-state index contributed by atoms with van der Waals surface area (Å²) < 4.78 is 41.4. The lowest BCUT2D eigenvalue weighted by Crippen LogP contribution is -2.39. The highest BCUT2D eigenvalue weighted by Crippen LogP contribution is 2.43. The van der Waals surface area contributed by atoms with Crippen molar-refractivity contribution in [2.45, 2.75) is 37.2 Å². The Kier molecular flexibility index (Phi) is 5.42. The number of nitrogens with one attached hydrogen (secondary N) is 1. The van der Waals surface area contributed by atoms with Gasteiger partial charge in [0, 0.05) is 5.92 Å². The van der Waals surface area contributed by atoms with Crippen LogP contribution in [0.25, 0.3) is 0 Å². The SMILES string of the molecule is NC(=O)C1CN([C@@H](c2ccc(OC(F)(F)F)cc2)c2ccc(Cl)c(C3CC3)n2)C(=O)N1. The summed E-state index contributed by atoms with van der Waals surface area (Å²) in [6.45, 7) is -0.0112. The van der Waals surface area contributed by atoms with Crippen molar-refractivity contribution in [2.24, 2.45) is 5.73 Å². The van der Waals surface area contributed by atoms with Crippen molar-refractivity contribution < 1.29 is 27.5 Å². The molecule has 2 fully saturated rings. The number of carbonyl (C=O) groups excluding carboxylic acids is 2. The highest BCUT2D eigenvalue weighted by Gasteiger charge is 2.39. The summed E-state index contributed by atoms with van der Waals surface area (Å²) in [5, 5.41) is 3.03. The predicted molar refractivity (Wildman–Crippen MR) is 104 cm³/mol. The lowest BCUT2D eigenvalue weighted by molar-refractivity contribution is -0.274. The molecule has 0 spiro atoms. The molecule has 2 heterocycles. The molecule has 4 rings (SSSR count). The van der Waals surface area contributed by atoms with Gasteiger partial charge in [-0.25, -0.2) is 4.79 Å². The Balaban J connectivity index is 1.72. The summed E-state index contributed by atoms with van der Waals surface area (Å²) in [5.74, 6) is -0.841. The predicted octanol–water partition coefficient (Wildman–Crippen LogP) is 3.48. The van der Waals surface area contributed by atoms with Crippen LogP contribution in [0.1, 0.15) is 41.8 Å². The number of halogens is 4. The van der Waals surface area contributed by atoms with Crippen LogP contribution in [-0.2, 0) is 4.79 Å². The highest BCUT2D eigenvalue weighted by molar-refractivity contribution is 6.31. The Morgan fingerprint density at radius 1 is 1.23 bits per heavy atom. The van der Waals surface area contributed by atoms with Crippen molar-refractivity contribution in [1.29, 1.82) is 0 Å². The minimum Gasteiger partial charge on any atom is -0.406 e. The van der Waals surface area contributed by atoms with Gasteiger partial charge in [0.25, 0.3) is 0 Å². The molecular weight excluding hydrogens is 437 g/mol. The summed E-state index contributed by atoms with van der Waals surface area (Å²) >= 11 is 6.28. The number of urea groups is 1. The van der Waals surface area contributed by atoms with E-state index in [1.54, 1.807) is 12.1 Å². The molecule has 1 aliphatic heterocycles. The zero-order chi connectivity index (χ0) is 22.3. The topological polar surface area (TPSA) is 97.6 Å². The number of nitrogens with zero attached hydrogens (tertiary/aromatic N) is 2. The minimum atomic E-state index is -4.82. The zero-order valence-electron chi connectivity index (χ0n) is 16.0. The standard InChI is InChI=1S/C20H18ClF3N4O3/c21-13-7-8-14(26-16(13)10-1-2-10)17(28-9-15(18(25)29)27-19(28)30)11-3-5-12(6-4-11)31-20(22,23)24/h3-8,10,15,17H,1-2,9H2,(H2,25,29)(H,27,30)/t15?,17-/m0/s1. The Bertz CT molecular complexity index is 1010. The average Bonchev–Trinajstić information content (AvgIpc) is 3.46. The van der Waals surface area contributed by atoms with Crippen LogP contribution in [0, 0.1) is 0 Å². The van der Waals surface area contributed by atoms with Crippen LogP contribution < -0.4 is 15.8 Å². The molecular formula is C20H18ClF3N4O3. The molecule has 31 heavy (non-hydrogen) atoms. The number of primary amides is 1. The molecule has 1 unspecified atom stereocenters. The monoisotopic (exact) mass is 454 g/mol. The molecule has 2 atom stereocenters. The second-order valence-corrected chi connectivity index (χ2v) is 7.86. The number of hydrogen-bond donors (Lipinski definition) is 2. The molecule has 0 bridgehead atoms. The third kappa shape index (κ3) is 4.68. The van der Waals surface area contributed by atoms with Gasteiger partial charge in [0.05, 0.1) is 23.0 Å². The fourth-order valence-electron chi connectivity index (χ4n) is 3.57. The maximum atomic E-state index is 12.6. The molecule has 164 valence electrons. The van der Waals surface area contributed by atoms with Gasteiger partial charge in [-0.15, -0.1) is 13.2 Å². The van der Waals surface area contributed by atoms with E-state index >= 15 is 0 Å². The minimum absolute atomic E-state index is 0.0112. The molecule has 1 aromatic heterocycles. The van der Waals surface area contributed by atoms with Crippen LogP contribution >= 0.6 is 11.6 Å². The van der Waals surface area contributed by atoms with Gasteiger partial charge in [0.2, 0.25) is 5.91 Å². The van der Waals surface area contributed by atoms with E-state index in [1.165, 1.54) is 17.0 Å². The molecule has 3 N–H and O–H groups in total. The fourth-order valence-corrected chi connectivity index (χ4v) is 3.83. The van der Waals surface area contributed by atoms with Gasteiger partial charge in [-0.05, 0) is 42.7 Å². The Hall–Kier alpha value is -3.01. The van der Waals surface area contributed by atoms with E-state index in [-0.39, 0.29) is 12.5 Å². The maximum Gasteiger partial charge on any atom is 0.573 e. The number of aromatic nitrogens is 1. The van der Waals surface area contributed by atoms with E-state index in [0.29, 0.717) is 22.0 Å². The van der Waals surface area contributed by atoms with Gasteiger partial charge < -0.3 is 20.7 Å². The largest absolute Gasteiger partial charge is 0.573 e. The quantitative estimate of drug-likeness (QED) is 0.698. The number of hydrogen-bond acceptors (Lipinski definition) is 4. The van der Waals surface area contributed by atoms with Gasteiger partial charge >= 0.3 is 12.4 Å². The number of rotatable bonds is 6. The van der Waals surface area contributed by atoms with Gasteiger partial charge in [-0.1, -0.05) is 23.7 Å². The van der Waals surface area contributed by atoms with E-state index in [2.05, 4.69) is 15.0 Å². The molecule has 7 nitrogen and oxygen atoms in total. The number of pyridine rings is 1. The summed E-state index contributed by atoms with van der Waals surface area (Å²) in [4.78, 5) is 30.2. The van der Waals surface area contributed by atoms with Crippen molar-refractivity contribution in [1.82, 2.24) is 15.2 Å². The summed E-state index contributed by atoms with van der Waals surface area (Å²) in [6, 6.07) is 6.31. The lowest BCUT2D eigenvalue weighted by Gasteiger charge is -2.27. The fraction of sp³-hybridized carbons (Fsp3) is 0.350. The third-order valence-corrected chi connectivity index (χ3v) is 5.48. The first-order valence-electron chi connectivity index (χ1n) is 9.51. The average molecular weight is 455 g/mol. The van der Waals surface area contributed by atoms with Crippen molar-refractivity contribution in [3.05, 3.63) is 58.4 Å². The Morgan fingerprint density at radius 3 is 2.45 bits per heavy atom. The third-order valence-electron chi connectivity index (χ3n) is 5.16. The van der Waals surface area contributed by atoms with Crippen LogP contribution in [-0.4, -0.2) is 40.8 Å². The van der Waals surface area contributed by atoms with Crippen molar-refractivity contribution in [2.75, 3.05) is 6.54 Å². The Labute approximate surface area is 180 Å².